The van der Waals surface area contributed by atoms with Crippen LogP contribution < -0.4 is 21.1 Å². The molecule has 2 aromatic carbocycles. The van der Waals surface area contributed by atoms with Gasteiger partial charge in [0.05, 0.1) is 17.0 Å². The third-order valence-electron chi connectivity index (χ3n) is 4.76. The van der Waals surface area contributed by atoms with Crippen molar-refractivity contribution in [1.82, 2.24) is 10.3 Å². The Labute approximate surface area is 169 Å². The number of hydrogen-bond acceptors (Lipinski definition) is 4. The second kappa shape index (κ2) is 7.78. The van der Waals surface area contributed by atoms with Crippen molar-refractivity contribution in [2.45, 2.75) is 0 Å². The third kappa shape index (κ3) is 3.52. The third-order valence-corrected chi connectivity index (χ3v) is 4.76. The van der Waals surface area contributed by atoms with Gasteiger partial charge in [0, 0.05) is 30.5 Å². The number of aromatic nitrogens is 1. The first-order valence-electron chi connectivity index (χ1n) is 9.13. The Morgan fingerprint density at radius 3 is 2.37 bits per heavy atom. The Morgan fingerprint density at radius 2 is 1.73 bits per heavy atom. The number of nitrogens with zero attached hydrogens (tertiary/aromatic N) is 1. The zero-order valence-corrected chi connectivity index (χ0v) is 15.6. The minimum atomic E-state index is -0.819. The van der Waals surface area contributed by atoms with Gasteiger partial charge >= 0.3 is 6.03 Å². The van der Waals surface area contributed by atoms with Crippen LogP contribution in [0.5, 0.6) is 0 Å². The van der Waals surface area contributed by atoms with Gasteiger partial charge in [0.15, 0.2) is 0 Å². The lowest BCUT2D eigenvalue weighted by Gasteiger charge is -2.16. The molecule has 3 aromatic rings. The molecule has 0 radical (unpaired) electrons. The summed E-state index contributed by atoms with van der Waals surface area (Å²) in [6.07, 6.45) is 1.33. The fraction of sp³-hybridized carbons (Fsp3) is 0.0952. The molecule has 1 fully saturated rings. The van der Waals surface area contributed by atoms with Crippen molar-refractivity contribution in [1.29, 1.82) is 5.41 Å². The highest BCUT2D eigenvalue weighted by Gasteiger charge is 2.22. The highest BCUT2D eigenvalue weighted by molar-refractivity contribution is 6.14. The van der Waals surface area contributed by atoms with E-state index in [9.17, 15) is 18.4 Å². The number of pyridine rings is 1. The summed E-state index contributed by atoms with van der Waals surface area (Å²) in [4.78, 5) is 28.3. The van der Waals surface area contributed by atoms with E-state index in [1.165, 1.54) is 18.3 Å². The van der Waals surface area contributed by atoms with E-state index in [0.29, 0.717) is 24.3 Å². The van der Waals surface area contributed by atoms with Gasteiger partial charge in [0.2, 0.25) is 0 Å². The van der Waals surface area contributed by atoms with Crippen LogP contribution >= 0.6 is 0 Å². The average molecular weight is 409 g/mol. The van der Waals surface area contributed by atoms with Gasteiger partial charge in [-0.05, 0) is 30.3 Å². The molecule has 0 bridgehead atoms. The quantitative estimate of drug-likeness (QED) is 0.486. The molecule has 1 aromatic heterocycles. The summed E-state index contributed by atoms with van der Waals surface area (Å²) in [5.74, 6) is -1.64. The van der Waals surface area contributed by atoms with Gasteiger partial charge in [-0.3, -0.25) is 15.1 Å². The second-order valence-electron chi connectivity index (χ2n) is 6.62. The molecule has 0 atom stereocenters. The average Bonchev–Trinajstić information content (AvgIpc) is 3.16. The van der Waals surface area contributed by atoms with Gasteiger partial charge in [-0.15, -0.1) is 0 Å². The van der Waals surface area contributed by atoms with E-state index < -0.39 is 22.9 Å². The van der Waals surface area contributed by atoms with Gasteiger partial charge in [-0.1, -0.05) is 18.2 Å². The Morgan fingerprint density at radius 1 is 1.03 bits per heavy atom. The molecule has 4 N–H and O–H groups in total. The molecule has 2 heterocycles. The van der Waals surface area contributed by atoms with Gasteiger partial charge in [0.1, 0.15) is 17.3 Å². The highest BCUT2D eigenvalue weighted by atomic mass is 19.1. The van der Waals surface area contributed by atoms with Crippen LogP contribution in [0.2, 0.25) is 0 Å². The predicted molar refractivity (Wildman–Crippen MR) is 110 cm³/mol. The molecule has 1 aliphatic heterocycles. The number of carbonyl (C=O) groups excluding carboxylic acids is 1. The summed E-state index contributed by atoms with van der Waals surface area (Å²) < 4.78 is 28.1. The standard InChI is InChI=1S/C21H17F2N5O2/c22-14-2-1-3-15(23)19(14)27-16-8-9-25-20(29)17(16)18(24)12-4-6-13(7-5-12)28-11-10-26-21(28)30/h1-9,24H,10-11H2,(H,26,30)(H2,25,27,29). The van der Waals surface area contributed by atoms with Crippen LogP contribution in [-0.4, -0.2) is 29.8 Å². The molecule has 1 aliphatic rings. The Hall–Kier alpha value is -4.01. The van der Waals surface area contributed by atoms with Gasteiger partial charge in [-0.25, -0.2) is 13.6 Å². The van der Waals surface area contributed by atoms with Crippen LogP contribution in [0.1, 0.15) is 11.1 Å². The van der Waals surface area contributed by atoms with Crippen molar-refractivity contribution in [2.24, 2.45) is 0 Å². The minimum absolute atomic E-state index is 0.0631. The number of para-hydroxylation sites is 1. The number of urea groups is 1. The van der Waals surface area contributed by atoms with Crippen molar-refractivity contribution in [3.05, 3.63) is 87.8 Å². The molecular formula is C21H17F2N5O2. The van der Waals surface area contributed by atoms with Crippen LogP contribution in [0.25, 0.3) is 0 Å². The van der Waals surface area contributed by atoms with Gasteiger partial charge in [0.25, 0.3) is 5.56 Å². The first-order chi connectivity index (χ1) is 14.5. The molecule has 2 amide bonds. The molecule has 0 saturated carbocycles. The Bertz CT molecular complexity index is 1170. The van der Waals surface area contributed by atoms with Crippen molar-refractivity contribution < 1.29 is 13.6 Å². The molecule has 152 valence electrons. The fourth-order valence-electron chi connectivity index (χ4n) is 3.25. The van der Waals surface area contributed by atoms with Crippen LogP contribution in [-0.2, 0) is 0 Å². The van der Waals surface area contributed by atoms with Crippen LogP contribution in [0.15, 0.2) is 59.5 Å². The second-order valence-corrected chi connectivity index (χ2v) is 6.62. The summed E-state index contributed by atoms with van der Waals surface area (Å²) >= 11 is 0. The lowest BCUT2D eigenvalue weighted by atomic mass is 10.0. The fourth-order valence-corrected chi connectivity index (χ4v) is 3.25. The Balaban J connectivity index is 1.68. The minimum Gasteiger partial charge on any atom is -0.350 e. The maximum absolute atomic E-state index is 14.0. The van der Waals surface area contributed by atoms with Crippen LogP contribution in [0.3, 0.4) is 0 Å². The maximum atomic E-state index is 14.0. The number of benzene rings is 2. The monoisotopic (exact) mass is 409 g/mol. The molecule has 30 heavy (non-hydrogen) atoms. The van der Waals surface area contributed by atoms with E-state index in [2.05, 4.69) is 15.6 Å². The number of amides is 2. The van der Waals surface area contributed by atoms with E-state index in [4.69, 9.17) is 5.41 Å². The SMILES string of the molecule is N=C(c1ccc(N2CCNC2=O)cc1)c1c(Nc2c(F)cccc2F)cc[nH]c1=O. The first kappa shape index (κ1) is 19.3. The summed E-state index contributed by atoms with van der Waals surface area (Å²) in [5, 5.41) is 13.8. The van der Waals surface area contributed by atoms with Crippen molar-refractivity contribution in [3.8, 4) is 0 Å². The number of carbonyl (C=O) groups is 1. The van der Waals surface area contributed by atoms with Crippen molar-refractivity contribution >= 4 is 28.8 Å². The largest absolute Gasteiger partial charge is 0.350 e. The molecule has 9 heteroatoms. The van der Waals surface area contributed by atoms with E-state index >= 15 is 0 Å². The van der Waals surface area contributed by atoms with E-state index in [1.54, 1.807) is 29.2 Å². The maximum Gasteiger partial charge on any atom is 0.321 e. The smallest absolute Gasteiger partial charge is 0.321 e. The molecule has 1 saturated heterocycles. The predicted octanol–water partition coefficient (Wildman–Crippen LogP) is 3.34. The zero-order chi connectivity index (χ0) is 21.3. The highest BCUT2D eigenvalue weighted by Crippen LogP contribution is 2.26. The summed E-state index contributed by atoms with van der Waals surface area (Å²) in [7, 11) is 0. The lowest BCUT2D eigenvalue weighted by molar-refractivity contribution is 0.252. The number of hydrogen-bond donors (Lipinski definition) is 4. The number of aromatic amines is 1. The molecule has 7 nitrogen and oxygen atoms in total. The van der Waals surface area contributed by atoms with Crippen LogP contribution in [0, 0.1) is 17.0 Å². The molecular weight excluding hydrogens is 392 g/mol. The van der Waals surface area contributed by atoms with Crippen LogP contribution in [0.4, 0.5) is 30.6 Å². The molecule has 4 rings (SSSR count). The van der Waals surface area contributed by atoms with Gasteiger partial charge < -0.3 is 15.6 Å². The number of H-pyrrole nitrogens is 1. The van der Waals surface area contributed by atoms with Crippen molar-refractivity contribution in [2.75, 3.05) is 23.3 Å². The molecule has 0 spiro atoms. The number of anilines is 3. The number of halogens is 2. The Kier molecular flexibility index (Phi) is 5.01. The lowest BCUT2D eigenvalue weighted by Crippen LogP contribution is -2.27. The zero-order valence-electron chi connectivity index (χ0n) is 15.6. The summed E-state index contributed by atoms with van der Waals surface area (Å²) in [6, 6.07) is 11.2. The van der Waals surface area contributed by atoms with Crippen molar-refractivity contribution in [3.63, 3.8) is 0 Å². The summed E-state index contributed by atoms with van der Waals surface area (Å²) in [6.45, 7) is 1.09. The van der Waals surface area contributed by atoms with E-state index in [-0.39, 0.29) is 23.0 Å². The molecule has 0 aliphatic carbocycles. The summed E-state index contributed by atoms with van der Waals surface area (Å²) in [5.41, 5.74) is -0.0178. The first-order valence-corrected chi connectivity index (χ1v) is 9.13. The number of rotatable bonds is 5. The van der Waals surface area contributed by atoms with Gasteiger partial charge in [-0.2, -0.15) is 0 Å². The molecule has 0 unspecified atom stereocenters. The van der Waals surface area contributed by atoms with E-state index in [0.717, 1.165) is 12.1 Å². The number of nitrogens with one attached hydrogen (secondary N) is 4. The topological polar surface area (TPSA) is 101 Å². The normalized spacial score (nSPS) is 13.3. The van der Waals surface area contributed by atoms with E-state index in [1.807, 2.05) is 0 Å².